The first-order valence-electron chi connectivity index (χ1n) is 5.35. The van der Waals surface area contributed by atoms with Crippen molar-refractivity contribution in [2.45, 2.75) is 13.3 Å². The smallest absolute Gasteiger partial charge is 0.136 e. The molecule has 3 nitrogen and oxygen atoms in total. The van der Waals surface area contributed by atoms with Gasteiger partial charge in [0.15, 0.2) is 0 Å². The van der Waals surface area contributed by atoms with Gasteiger partial charge in [-0.05, 0) is 24.6 Å². The van der Waals surface area contributed by atoms with E-state index >= 15 is 0 Å². The van der Waals surface area contributed by atoms with Crippen molar-refractivity contribution < 1.29 is 4.42 Å². The Balaban J connectivity index is 2.11. The van der Waals surface area contributed by atoms with Crippen molar-refractivity contribution in [3.63, 3.8) is 0 Å². The summed E-state index contributed by atoms with van der Waals surface area (Å²) in [6.07, 6.45) is 2.35. The second kappa shape index (κ2) is 3.64. The van der Waals surface area contributed by atoms with E-state index in [0.717, 1.165) is 34.2 Å². The molecule has 1 aromatic heterocycles. The number of anilines is 1. The minimum Gasteiger partial charge on any atom is -0.462 e. The number of nitrogens with zero attached hydrogens (tertiary/aromatic N) is 1. The zero-order valence-corrected chi connectivity index (χ0v) is 10.1. The summed E-state index contributed by atoms with van der Waals surface area (Å²) in [5, 5.41) is 1.50. The first kappa shape index (κ1) is 10.4. The van der Waals surface area contributed by atoms with Crippen molar-refractivity contribution in [3.05, 3.63) is 35.2 Å². The second-order valence-electron chi connectivity index (χ2n) is 4.20. The summed E-state index contributed by atoms with van der Waals surface area (Å²) < 4.78 is 5.38. The largest absolute Gasteiger partial charge is 0.462 e. The molecule has 1 aromatic carbocycles. The molecule has 2 N–H and O–H groups in total. The number of nitrogens with two attached hydrogens (primary N) is 1. The average Bonchev–Trinajstić information content (AvgIpc) is 2.82. The van der Waals surface area contributed by atoms with Crippen LogP contribution >= 0.6 is 11.6 Å². The summed E-state index contributed by atoms with van der Waals surface area (Å²) in [4.78, 5) is 4.24. The van der Waals surface area contributed by atoms with Crippen LogP contribution in [0.1, 0.15) is 18.9 Å². The molecule has 0 saturated carbocycles. The fraction of sp³-hybridized carbons (Fsp3) is 0.154. The lowest BCUT2D eigenvalue weighted by Crippen LogP contribution is -1.88. The third kappa shape index (κ3) is 1.63. The van der Waals surface area contributed by atoms with Crippen molar-refractivity contribution in [1.29, 1.82) is 0 Å². The van der Waals surface area contributed by atoms with Gasteiger partial charge in [0.1, 0.15) is 17.0 Å². The van der Waals surface area contributed by atoms with Crippen molar-refractivity contribution in [2.24, 2.45) is 4.99 Å². The van der Waals surface area contributed by atoms with Gasteiger partial charge in [0.25, 0.3) is 0 Å². The van der Waals surface area contributed by atoms with E-state index in [4.69, 9.17) is 21.8 Å². The molecule has 1 aliphatic rings. The number of nitrogen functional groups attached to an aromatic ring is 1. The van der Waals surface area contributed by atoms with Crippen LogP contribution in [0.5, 0.6) is 0 Å². The predicted octanol–water partition coefficient (Wildman–Crippen LogP) is 3.79. The van der Waals surface area contributed by atoms with Crippen molar-refractivity contribution >= 4 is 39.5 Å². The van der Waals surface area contributed by atoms with Gasteiger partial charge < -0.3 is 10.2 Å². The molecule has 1 aliphatic heterocycles. The zero-order valence-electron chi connectivity index (χ0n) is 9.33. The molecule has 0 saturated heterocycles. The number of hydrogen-bond acceptors (Lipinski definition) is 3. The van der Waals surface area contributed by atoms with Crippen LogP contribution < -0.4 is 5.73 Å². The number of aliphatic imine (C=N–C) groups is 1. The molecule has 0 aliphatic carbocycles. The Kier molecular flexibility index (Phi) is 2.23. The highest BCUT2D eigenvalue weighted by Gasteiger charge is 2.16. The molecule has 0 bridgehead atoms. The van der Waals surface area contributed by atoms with Gasteiger partial charge >= 0.3 is 0 Å². The quantitative estimate of drug-likeness (QED) is 0.779. The highest BCUT2D eigenvalue weighted by molar-refractivity contribution is 6.35. The van der Waals surface area contributed by atoms with Crippen LogP contribution in [0, 0.1) is 0 Å². The monoisotopic (exact) mass is 246 g/mol. The summed E-state index contributed by atoms with van der Waals surface area (Å²) in [5.41, 5.74) is 10.3. The van der Waals surface area contributed by atoms with Gasteiger partial charge in [-0.1, -0.05) is 17.7 Å². The molecular weight excluding hydrogens is 236 g/mol. The minimum absolute atomic E-state index is 0.571. The molecule has 0 fully saturated rings. The van der Waals surface area contributed by atoms with Crippen LogP contribution in [-0.4, -0.2) is 5.71 Å². The molecule has 86 valence electrons. The molecule has 17 heavy (non-hydrogen) atoms. The van der Waals surface area contributed by atoms with Crippen LogP contribution in [-0.2, 0) is 0 Å². The van der Waals surface area contributed by atoms with Crippen LogP contribution in [0.25, 0.3) is 16.5 Å². The maximum absolute atomic E-state index is 6.10. The summed E-state index contributed by atoms with van der Waals surface area (Å²) in [6.45, 7) is 1.97. The summed E-state index contributed by atoms with van der Waals surface area (Å²) in [7, 11) is 0. The van der Waals surface area contributed by atoms with Gasteiger partial charge in [0.2, 0.25) is 0 Å². The number of rotatable bonds is 1. The normalized spacial score (nSPS) is 15.8. The fourth-order valence-electron chi connectivity index (χ4n) is 2.06. The van der Waals surface area contributed by atoms with Crippen LogP contribution in [0.3, 0.4) is 0 Å². The highest BCUT2D eigenvalue weighted by atomic mass is 35.5. The third-order valence-electron chi connectivity index (χ3n) is 2.92. The van der Waals surface area contributed by atoms with Crippen molar-refractivity contribution in [3.8, 4) is 0 Å². The minimum atomic E-state index is 0.571. The molecule has 0 amide bonds. The Morgan fingerprint density at radius 2 is 2.24 bits per heavy atom. The Morgan fingerprint density at radius 1 is 1.41 bits per heavy atom. The SMILES string of the molecule is CC1=NC(Cl)=C(c2ccc3c(N)coc3c2)C1. The third-order valence-corrected chi connectivity index (χ3v) is 3.24. The lowest BCUT2D eigenvalue weighted by atomic mass is 10.0. The van der Waals surface area contributed by atoms with Crippen molar-refractivity contribution in [1.82, 2.24) is 0 Å². The van der Waals surface area contributed by atoms with E-state index in [1.807, 2.05) is 25.1 Å². The molecular formula is C13H11ClN2O. The summed E-state index contributed by atoms with van der Waals surface area (Å²) >= 11 is 6.10. The average molecular weight is 247 g/mol. The number of hydrogen-bond donors (Lipinski definition) is 1. The van der Waals surface area contributed by atoms with Gasteiger partial charge in [-0.25, -0.2) is 4.99 Å². The zero-order chi connectivity index (χ0) is 12.0. The van der Waals surface area contributed by atoms with Gasteiger partial charge in [0, 0.05) is 23.1 Å². The maximum Gasteiger partial charge on any atom is 0.136 e. The fourth-order valence-corrected chi connectivity index (χ4v) is 2.38. The Labute approximate surface area is 104 Å². The molecule has 2 heterocycles. The molecule has 0 spiro atoms. The first-order valence-corrected chi connectivity index (χ1v) is 5.73. The first-order chi connectivity index (χ1) is 8.15. The molecule has 0 atom stereocenters. The van der Waals surface area contributed by atoms with Gasteiger partial charge in [-0.15, -0.1) is 0 Å². The van der Waals surface area contributed by atoms with E-state index in [0.29, 0.717) is 10.8 Å². The summed E-state index contributed by atoms with van der Waals surface area (Å²) in [5.74, 6) is 0. The van der Waals surface area contributed by atoms with E-state index in [-0.39, 0.29) is 0 Å². The second-order valence-corrected chi connectivity index (χ2v) is 4.55. The summed E-state index contributed by atoms with van der Waals surface area (Å²) in [6, 6.07) is 5.91. The van der Waals surface area contributed by atoms with Crippen LogP contribution in [0.15, 0.2) is 39.0 Å². The molecule has 3 rings (SSSR count). The van der Waals surface area contributed by atoms with Gasteiger partial charge in [0.05, 0.1) is 5.69 Å². The Hall–Kier alpha value is -1.74. The van der Waals surface area contributed by atoms with E-state index in [9.17, 15) is 0 Å². The van der Waals surface area contributed by atoms with E-state index in [2.05, 4.69) is 4.99 Å². The Bertz CT molecular complexity index is 667. The Morgan fingerprint density at radius 3 is 2.94 bits per heavy atom. The topological polar surface area (TPSA) is 51.5 Å². The lowest BCUT2D eigenvalue weighted by Gasteiger charge is -2.02. The van der Waals surface area contributed by atoms with Crippen LogP contribution in [0.4, 0.5) is 5.69 Å². The molecule has 2 aromatic rings. The standard InChI is InChI=1S/C13H11ClN2O/c1-7-4-10(13(14)16-7)8-2-3-9-11(15)6-17-12(9)5-8/h2-3,5-6H,4,15H2,1H3. The highest BCUT2D eigenvalue weighted by Crippen LogP contribution is 2.34. The molecule has 0 unspecified atom stereocenters. The predicted molar refractivity (Wildman–Crippen MR) is 71.1 cm³/mol. The van der Waals surface area contributed by atoms with Crippen molar-refractivity contribution in [2.75, 3.05) is 5.73 Å². The number of halogens is 1. The maximum atomic E-state index is 6.10. The number of allylic oxidation sites excluding steroid dienone is 1. The van der Waals surface area contributed by atoms with Crippen LogP contribution in [0.2, 0.25) is 0 Å². The number of benzene rings is 1. The molecule has 4 heteroatoms. The van der Waals surface area contributed by atoms with Gasteiger partial charge in [-0.3, -0.25) is 0 Å². The lowest BCUT2D eigenvalue weighted by molar-refractivity contribution is 0.617. The molecule has 0 radical (unpaired) electrons. The van der Waals surface area contributed by atoms with E-state index in [1.54, 1.807) is 6.26 Å². The number of furan rings is 1. The van der Waals surface area contributed by atoms with E-state index in [1.165, 1.54) is 0 Å². The van der Waals surface area contributed by atoms with Gasteiger partial charge in [-0.2, -0.15) is 0 Å². The number of fused-ring (bicyclic) bond motifs is 1. The van der Waals surface area contributed by atoms with E-state index < -0.39 is 0 Å².